The first kappa shape index (κ1) is 26.3. The molecule has 170 valence electrons. The second-order valence-corrected chi connectivity index (χ2v) is 8.39. The molecular weight excluding hydrogens is 491 g/mol. The SMILES string of the molecule is Cl.Cl.NC1C(=O)N2C(C(=O)OC(c3ccccc3)c3ccccc3)=C(C=CCCl)CS[C@H]12. The van der Waals surface area contributed by atoms with Gasteiger partial charge in [0.25, 0.3) is 0 Å². The fourth-order valence-electron chi connectivity index (χ4n) is 3.59. The highest BCUT2D eigenvalue weighted by atomic mass is 35.5. The van der Waals surface area contributed by atoms with Crippen LogP contribution in [-0.4, -0.2) is 39.8 Å². The van der Waals surface area contributed by atoms with Crippen LogP contribution in [-0.2, 0) is 14.3 Å². The third-order valence-electron chi connectivity index (χ3n) is 5.07. The Labute approximate surface area is 208 Å². The minimum Gasteiger partial charge on any atom is -0.448 e. The van der Waals surface area contributed by atoms with Crippen LogP contribution in [0.4, 0.5) is 0 Å². The number of hydrogen-bond acceptors (Lipinski definition) is 5. The summed E-state index contributed by atoms with van der Waals surface area (Å²) in [7, 11) is 0. The summed E-state index contributed by atoms with van der Waals surface area (Å²) in [6.07, 6.45) is 2.94. The van der Waals surface area contributed by atoms with E-state index in [1.54, 1.807) is 12.2 Å². The normalized spacial score (nSPS) is 19.7. The number of alkyl halides is 1. The van der Waals surface area contributed by atoms with E-state index in [0.29, 0.717) is 17.2 Å². The van der Waals surface area contributed by atoms with Gasteiger partial charge < -0.3 is 10.5 Å². The number of nitrogens with two attached hydrogens (primary N) is 1. The Bertz CT molecular complexity index is 963. The topological polar surface area (TPSA) is 72.6 Å². The van der Waals surface area contributed by atoms with Gasteiger partial charge in [0.1, 0.15) is 17.1 Å². The van der Waals surface area contributed by atoms with E-state index in [0.717, 1.165) is 11.1 Å². The van der Waals surface area contributed by atoms with E-state index in [2.05, 4.69) is 0 Å². The number of amides is 1. The molecule has 0 radical (unpaired) electrons. The van der Waals surface area contributed by atoms with E-state index < -0.39 is 18.1 Å². The van der Waals surface area contributed by atoms with Crippen LogP contribution in [0, 0.1) is 0 Å². The summed E-state index contributed by atoms with van der Waals surface area (Å²) in [5.74, 6) is 0.0464. The number of rotatable bonds is 6. The molecule has 2 aliphatic heterocycles. The number of β-lactam (4-membered cyclic amide) rings is 1. The van der Waals surface area contributed by atoms with Crippen molar-refractivity contribution in [2.45, 2.75) is 17.5 Å². The van der Waals surface area contributed by atoms with Crippen LogP contribution in [0.1, 0.15) is 17.2 Å². The molecule has 1 saturated heterocycles. The summed E-state index contributed by atoms with van der Waals surface area (Å²) in [6.45, 7) is 0. The van der Waals surface area contributed by atoms with Gasteiger partial charge in [0.15, 0.2) is 6.10 Å². The molecule has 0 aliphatic carbocycles. The Kier molecular flexibility index (Phi) is 9.67. The largest absolute Gasteiger partial charge is 0.448 e. The van der Waals surface area contributed by atoms with Gasteiger partial charge in [-0.05, 0) is 16.7 Å². The molecule has 5 nitrogen and oxygen atoms in total. The number of halogens is 3. The minimum atomic E-state index is -0.601. The van der Waals surface area contributed by atoms with Gasteiger partial charge in [-0.15, -0.1) is 48.2 Å². The monoisotopic (exact) mass is 512 g/mol. The number of hydrogen-bond donors (Lipinski definition) is 1. The number of fused-ring (bicyclic) bond motifs is 1. The maximum atomic E-state index is 13.4. The number of benzene rings is 2. The van der Waals surface area contributed by atoms with Gasteiger partial charge in [-0.1, -0.05) is 72.8 Å². The molecule has 4 rings (SSSR count). The summed E-state index contributed by atoms with van der Waals surface area (Å²) < 4.78 is 6.00. The molecule has 0 bridgehead atoms. The molecular formula is C23H23Cl3N2O3S. The lowest BCUT2D eigenvalue weighted by Crippen LogP contribution is -2.68. The molecule has 2 heterocycles. The van der Waals surface area contributed by atoms with Crippen LogP contribution in [0.2, 0.25) is 0 Å². The lowest BCUT2D eigenvalue weighted by atomic mass is 10.0. The predicted molar refractivity (Wildman–Crippen MR) is 133 cm³/mol. The van der Waals surface area contributed by atoms with Crippen LogP contribution in [0.5, 0.6) is 0 Å². The van der Waals surface area contributed by atoms with E-state index >= 15 is 0 Å². The van der Waals surface area contributed by atoms with Crippen LogP contribution < -0.4 is 5.73 Å². The molecule has 0 spiro atoms. The standard InChI is InChI=1S/C23H21ClN2O3S.2ClH/c24-13-7-12-17-14-30-22-18(25)21(27)26(22)19(17)23(28)29-20(15-8-3-1-4-9-15)16-10-5-2-6-11-16;;/h1-12,18,20,22H,13-14,25H2;2*1H/t18?,22-;;/m1../s1. The summed E-state index contributed by atoms with van der Waals surface area (Å²) in [4.78, 5) is 27.3. The highest BCUT2D eigenvalue weighted by molar-refractivity contribution is 8.00. The van der Waals surface area contributed by atoms with Gasteiger partial charge in [0.2, 0.25) is 5.91 Å². The Hall–Kier alpha value is -1.96. The maximum absolute atomic E-state index is 13.4. The molecule has 1 amide bonds. The molecule has 9 heteroatoms. The quantitative estimate of drug-likeness (QED) is 0.351. The fourth-order valence-corrected chi connectivity index (χ4v) is 4.95. The second kappa shape index (κ2) is 11.8. The summed E-state index contributed by atoms with van der Waals surface area (Å²) in [5.41, 5.74) is 8.61. The molecule has 2 N–H and O–H groups in total. The van der Waals surface area contributed by atoms with Crippen molar-refractivity contribution in [1.29, 1.82) is 0 Å². The lowest BCUT2D eigenvalue weighted by molar-refractivity contribution is -0.153. The summed E-state index contributed by atoms with van der Waals surface area (Å²) >= 11 is 7.33. The highest BCUT2D eigenvalue weighted by Gasteiger charge is 2.52. The van der Waals surface area contributed by atoms with Gasteiger partial charge in [-0.3, -0.25) is 9.69 Å². The van der Waals surface area contributed by atoms with Gasteiger partial charge >= 0.3 is 5.97 Å². The number of carbonyl (C=O) groups is 2. The van der Waals surface area contributed by atoms with Gasteiger partial charge in [0.05, 0.1) is 0 Å². The zero-order chi connectivity index (χ0) is 21.1. The molecule has 0 aromatic heterocycles. The van der Waals surface area contributed by atoms with E-state index in [9.17, 15) is 9.59 Å². The Morgan fingerprint density at radius 3 is 2.22 bits per heavy atom. The van der Waals surface area contributed by atoms with Crippen molar-refractivity contribution in [1.82, 2.24) is 4.90 Å². The molecule has 32 heavy (non-hydrogen) atoms. The van der Waals surface area contributed by atoms with Crippen molar-refractivity contribution in [3.8, 4) is 0 Å². The zero-order valence-corrected chi connectivity index (χ0v) is 20.1. The van der Waals surface area contributed by atoms with Crippen molar-refractivity contribution >= 4 is 60.1 Å². The molecule has 2 aromatic rings. The summed E-state index contributed by atoms with van der Waals surface area (Å²) in [5, 5.41) is -0.250. The van der Waals surface area contributed by atoms with Crippen molar-refractivity contribution < 1.29 is 14.3 Å². The second-order valence-electron chi connectivity index (χ2n) is 6.97. The van der Waals surface area contributed by atoms with E-state index in [1.165, 1.54) is 16.7 Å². The van der Waals surface area contributed by atoms with Crippen molar-refractivity contribution in [3.05, 3.63) is 95.2 Å². The smallest absolute Gasteiger partial charge is 0.356 e. The number of carbonyl (C=O) groups excluding carboxylic acids is 2. The average Bonchev–Trinajstić information content (AvgIpc) is 2.81. The number of nitrogens with zero attached hydrogens (tertiary/aromatic N) is 1. The van der Waals surface area contributed by atoms with Gasteiger partial charge in [-0.2, -0.15) is 0 Å². The van der Waals surface area contributed by atoms with Crippen molar-refractivity contribution in [2.75, 3.05) is 11.6 Å². The molecule has 2 aromatic carbocycles. The summed E-state index contributed by atoms with van der Waals surface area (Å²) in [6, 6.07) is 18.5. The average molecular weight is 514 g/mol. The van der Waals surface area contributed by atoms with Crippen LogP contribution in [0.25, 0.3) is 0 Å². The van der Waals surface area contributed by atoms with E-state index in [4.69, 9.17) is 22.1 Å². The van der Waals surface area contributed by atoms with Crippen molar-refractivity contribution in [2.24, 2.45) is 5.73 Å². The Balaban J connectivity index is 0.00000181. The molecule has 0 saturated carbocycles. The van der Waals surface area contributed by atoms with Gasteiger partial charge in [-0.25, -0.2) is 4.79 Å². The first-order valence-corrected chi connectivity index (χ1v) is 11.2. The van der Waals surface area contributed by atoms with Crippen LogP contribution in [0.15, 0.2) is 84.1 Å². The predicted octanol–water partition coefficient (Wildman–Crippen LogP) is 4.45. The Morgan fingerprint density at radius 1 is 1.12 bits per heavy atom. The lowest BCUT2D eigenvalue weighted by Gasteiger charge is -2.48. The first-order chi connectivity index (χ1) is 14.6. The third kappa shape index (κ3) is 5.16. The minimum absolute atomic E-state index is 0. The first-order valence-electron chi connectivity index (χ1n) is 9.58. The third-order valence-corrected chi connectivity index (χ3v) is 6.57. The van der Waals surface area contributed by atoms with E-state index in [1.807, 2.05) is 60.7 Å². The molecule has 2 aliphatic rings. The number of allylic oxidation sites excluding steroid dienone is 2. The number of thioether (sulfide) groups is 1. The highest BCUT2D eigenvalue weighted by Crippen LogP contribution is 2.41. The van der Waals surface area contributed by atoms with Gasteiger partial charge in [0, 0.05) is 11.6 Å². The Morgan fingerprint density at radius 2 is 1.69 bits per heavy atom. The number of ether oxygens (including phenoxy) is 1. The zero-order valence-electron chi connectivity index (χ0n) is 16.9. The van der Waals surface area contributed by atoms with E-state index in [-0.39, 0.29) is 41.8 Å². The molecule has 2 atom stereocenters. The fraction of sp³-hybridized carbons (Fsp3) is 0.217. The van der Waals surface area contributed by atoms with Crippen LogP contribution >= 0.6 is 48.2 Å². The van der Waals surface area contributed by atoms with Crippen molar-refractivity contribution in [3.63, 3.8) is 0 Å². The number of esters is 1. The maximum Gasteiger partial charge on any atom is 0.356 e. The molecule has 1 fully saturated rings. The van der Waals surface area contributed by atoms with Crippen LogP contribution in [0.3, 0.4) is 0 Å². The molecule has 1 unspecified atom stereocenters.